The SMILES string of the molecule is COC(=O)C(F)(F)S(=O)(=O)F.O=C(O)C(F)(F)S(=O)(=O)OOOOOOOOOOOOOOOOOOOO[O-].O=C(OCCO)C(F)(F)SOO[O-].O=S(=O)(O)O.OCCO.[Na+].[Na+].[Na+].[OH-]. The summed E-state index contributed by atoms with van der Waals surface area (Å²) in [6.45, 7) is -1.39. The third kappa shape index (κ3) is 55.1. The molecule has 0 atom stereocenters. The molecule has 56 heteroatoms. The van der Waals surface area contributed by atoms with Gasteiger partial charge in [0.2, 0.25) is 0 Å². The topological polar surface area (TPSA) is 573 Å². The minimum atomic E-state index is -6.22. The van der Waals surface area contributed by atoms with Crippen LogP contribution in [-0.2, 0) is 164 Å². The molecule has 0 amide bonds. The Kier molecular flexibility index (Phi) is 65.8. The number of alkyl halides is 6. The van der Waals surface area contributed by atoms with Crippen LogP contribution in [0, 0.1) is 0 Å². The summed E-state index contributed by atoms with van der Waals surface area (Å²) in [5.74, 6) is -7.46. The molecule has 0 bridgehead atoms. The van der Waals surface area contributed by atoms with Crippen LogP contribution in [0.5, 0.6) is 0 Å². The number of carbonyl (C=O) groups is 3. The van der Waals surface area contributed by atoms with Gasteiger partial charge in [0.15, 0.2) is 0 Å². The zero-order valence-corrected chi connectivity index (χ0v) is 40.8. The van der Waals surface area contributed by atoms with Crippen LogP contribution in [0.1, 0.15) is 0 Å². The molecule has 0 heterocycles. The standard InChI is InChI=1S/C4H6F2O6S.C3H3F3O4S.C2H2F2O25S.C2H6O2.3Na.H2O4S.H2O/c5-4(6,13-12-11-9)3(8)10-2-1-7;1-10-2(7)3(4,5)11(6,8)9;3-2(4,1(5)6)30(8,9)29-28-27-26-25-24-23-22-21-20-19-18-17-16-15-14-13-12-11-10-7;3-1-2-4;;;;1-5(2,3)4;/h7,9H,1-2H2;1H3;7H,(H,5,6);3-4H,1-2H2;;;;(H2,1,2,3,4);1H2/q;;;;3*+1;;/p-3. The van der Waals surface area contributed by atoms with Gasteiger partial charge >= 0.3 is 153 Å². The number of aliphatic carboxylic acids is 1. The molecule has 0 aromatic heterocycles. The molecule has 0 aliphatic rings. The molecule has 390 valence electrons. The smallest absolute Gasteiger partial charge is 0.870 e. The van der Waals surface area contributed by atoms with Crippen molar-refractivity contribution >= 4 is 60.7 Å². The third-order valence-corrected chi connectivity index (χ3v) is 5.05. The molecule has 0 aliphatic carbocycles. The first-order valence-corrected chi connectivity index (χ1v) is 16.8. The Bertz CT molecular complexity index is 1490. The zero-order valence-electron chi connectivity index (χ0n) is 31.5. The van der Waals surface area contributed by atoms with Crippen LogP contribution in [0.4, 0.5) is 30.2 Å². The van der Waals surface area contributed by atoms with E-state index >= 15 is 0 Å². The molecular weight excluding hydrogens is 1130 g/mol. The van der Waals surface area contributed by atoms with Gasteiger partial charge in [0.25, 0.3) is 0 Å². The number of methoxy groups -OCH3 is 1. The molecule has 0 radical (unpaired) electrons. The fraction of sp³-hybridized carbons (Fsp3) is 0.727. The average Bonchev–Trinajstić information content (AvgIpc) is 3.18. The molecular formula is C11H18F7Na3O42S4. The Morgan fingerprint density at radius 3 is 1.10 bits per heavy atom. The van der Waals surface area contributed by atoms with E-state index in [1.165, 1.54) is 0 Å². The van der Waals surface area contributed by atoms with Crippen molar-refractivity contribution in [2.45, 2.75) is 15.8 Å². The van der Waals surface area contributed by atoms with Crippen LogP contribution in [0.3, 0.4) is 0 Å². The van der Waals surface area contributed by atoms with E-state index in [4.69, 9.17) is 48.5 Å². The van der Waals surface area contributed by atoms with Crippen molar-refractivity contribution in [3.05, 3.63) is 0 Å². The summed E-state index contributed by atoms with van der Waals surface area (Å²) >= 11 is -0.787. The van der Waals surface area contributed by atoms with Crippen LogP contribution in [-0.4, -0.2) is 127 Å². The summed E-state index contributed by atoms with van der Waals surface area (Å²) in [6, 6.07) is 0. The molecule has 0 unspecified atom stereocenters. The van der Waals surface area contributed by atoms with E-state index in [9.17, 15) is 61.4 Å². The fourth-order valence-electron chi connectivity index (χ4n) is 0.922. The Morgan fingerprint density at radius 2 is 0.881 bits per heavy atom. The number of aliphatic hydroxyl groups is 3. The maximum Gasteiger partial charge on any atom is 1.00 e. The first-order chi connectivity index (χ1) is 28.9. The molecule has 7 N–H and O–H groups in total. The third-order valence-electron chi connectivity index (χ3n) is 2.74. The minimum Gasteiger partial charge on any atom is -0.870 e. The van der Waals surface area contributed by atoms with Crippen molar-refractivity contribution in [1.82, 2.24) is 0 Å². The van der Waals surface area contributed by atoms with Crippen LogP contribution in [0.2, 0.25) is 0 Å². The molecule has 0 aliphatic heterocycles. The number of hydrogen-bond acceptors (Lipinski definition) is 40. The molecule has 0 saturated carbocycles. The van der Waals surface area contributed by atoms with Gasteiger partial charge in [-0.05, 0) is 80.6 Å². The second-order valence-electron chi connectivity index (χ2n) is 6.57. The average molecular weight is 1150 g/mol. The number of carboxylic acid groups (broad SMARTS) is 1. The Hall–Kier alpha value is -0.0800. The molecule has 0 fully saturated rings. The second-order valence-corrected chi connectivity index (χ2v) is 11.2. The van der Waals surface area contributed by atoms with Gasteiger partial charge in [0.1, 0.15) is 18.6 Å². The van der Waals surface area contributed by atoms with E-state index in [1.807, 2.05) is 0 Å². The van der Waals surface area contributed by atoms with Gasteiger partial charge in [-0.2, -0.15) is 55.9 Å². The Labute approximate surface area is 429 Å². The number of halogens is 7. The Morgan fingerprint density at radius 1 is 0.567 bits per heavy atom. The van der Waals surface area contributed by atoms with Gasteiger partial charge in [0.05, 0.1) is 26.9 Å². The number of carbonyl (C=O) groups excluding carboxylic acids is 2. The van der Waals surface area contributed by atoms with Crippen molar-refractivity contribution in [2.75, 3.05) is 33.5 Å². The number of carboxylic acids is 1. The van der Waals surface area contributed by atoms with E-state index in [0.29, 0.717) is 7.11 Å². The molecule has 42 nitrogen and oxygen atoms in total. The van der Waals surface area contributed by atoms with Gasteiger partial charge in [-0.1, -0.05) is 8.22 Å². The number of esters is 2. The Balaban J connectivity index is -0.000000107. The molecule has 0 aromatic rings. The van der Waals surface area contributed by atoms with Crippen LogP contribution in [0.25, 0.3) is 0 Å². The van der Waals surface area contributed by atoms with Crippen molar-refractivity contribution in [3.63, 3.8) is 0 Å². The fourth-order valence-corrected chi connectivity index (χ4v) is 1.84. The number of hydrogen-bond donors (Lipinski definition) is 6. The van der Waals surface area contributed by atoms with Crippen LogP contribution >= 0.6 is 12.0 Å². The normalized spacial score (nSPS) is 11.1. The number of rotatable bonds is 31. The van der Waals surface area contributed by atoms with Gasteiger partial charge in [-0.3, -0.25) is 19.2 Å². The minimum absolute atomic E-state index is 0. The van der Waals surface area contributed by atoms with Crippen molar-refractivity contribution in [3.8, 4) is 0 Å². The summed E-state index contributed by atoms with van der Waals surface area (Å²) in [7, 11) is -16.5. The van der Waals surface area contributed by atoms with E-state index in [2.05, 4.69) is 119 Å². The summed E-state index contributed by atoms with van der Waals surface area (Å²) in [5, 5.41) is 99.7. The first-order valence-electron chi connectivity index (χ1n) is 11.9. The summed E-state index contributed by atoms with van der Waals surface area (Å²) < 4.78 is 171. The quantitative estimate of drug-likeness (QED) is 0.00432. The maximum absolute atomic E-state index is 12.6. The summed E-state index contributed by atoms with van der Waals surface area (Å²) in [4.78, 5) is 30.2. The van der Waals surface area contributed by atoms with Gasteiger partial charge in [-0.15, -0.1) is 0 Å². The summed E-state index contributed by atoms with van der Waals surface area (Å²) in [5.41, 5.74) is 0. The monoisotopic (exact) mass is 1150 g/mol. The van der Waals surface area contributed by atoms with E-state index in [-0.39, 0.29) is 107 Å². The van der Waals surface area contributed by atoms with Crippen molar-refractivity contribution in [1.29, 1.82) is 0 Å². The van der Waals surface area contributed by atoms with Crippen molar-refractivity contribution in [2.24, 2.45) is 0 Å². The van der Waals surface area contributed by atoms with E-state index in [0.717, 1.165) is 0 Å². The number of ether oxygens (including phenoxy) is 2. The van der Waals surface area contributed by atoms with E-state index in [1.54, 1.807) is 0 Å². The molecule has 0 spiro atoms. The molecule has 0 rings (SSSR count). The predicted octanol–water partition coefficient (Wildman–Crippen LogP) is -14.8. The first kappa shape index (κ1) is 86.7. The number of aliphatic hydroxyl groups excluding tert-OH is 3. The van der Waals surface area contributed by atoms with Gasteiger partial charge in [0, 0.05) is 10.1 Å². The molecule has 67 heavy (non-hydrogen) atoms. The van der Waals surface area contributed by atoms with Gasteiger partial charge < -0.3 is 45.9 Å². The van der Waals surface area contributed by atoms with Crippen LogP contribution < -0.4 is 99.2 Å². The van der Waals surface area contributed by atoms with E-state index < -0.39 is 89.7 Å². The van der Waals surface area contributed by atoms with Gasteiger partial charge in [-0.25, -0.2) is 14.4 Å². The predicted molar refractivity (Wildman–Crippen MR) is 133 cm³/mol. The van der Waals surface area contributed by atoms with Crippen molar-refractivity contribution < 1.29 is 323 Å². The maximum atomic E-state index is 12.6. The molecule has 0 aromatic carbocycles. The largest absolute Gasteiger partial charge is 1.00 e. The second kappa shape index (κ2) is 50.8. The zero-order chi connectivity index (χ0) is 50.2. The van der Waals surface area contributed by atoms with Crippen LogP contribution in [0.15, 0.2) is 0 Å². The summed E-state index contributed by atoms with van der Waals surface area (Å²) in [6.07, 6.45) is 0. The molecule has 0 saturated heterocycles.